The molecule has 4 atom stereocenters. The molecule has 204 valence electrons. The van der Waals surface area contributed by atoms with Gasteiger partial charge in [0.1, 0.15) is 30.0 Å². The van der Waals surface area contributed by atoms with Crippen molar-refractivity contribution in [3.05, 3.63) is 0 Å². The summed E-state index contributed by atoms with van der Waals surface area (Å²) < 4.78 is 5.07. The molecule has 0 heterocycles. The van der Waals surface area contributed by atoms with Crippen LogP contribution in [0.3, 0.4) is 0 Å². The first-order valence-corrected chi connectivity index (χ1v) is 11.3. The van der Waals surface area contributed by atoms with E-state index in [2.05, 4.69) is 21.3 Å². The first kappa shape index (κ1) is 32.3. The smallest absolute Gasteiger partial charge is 0.408 e. The van der Waals surface area contributed by atoms with Crippen molar-refractivity contribution in [3.8, 4) is 0 Å². The van der Waals surface area contributed by atoms with E-state index in [1.54, 1.807) is 34.6 Å². The van der Waals surface area contributed by atoms with E-state index in [0.717, 1.165) is 0 Å². The summed E-state index contributed by atoms with van der Waals surface area (Å²) in [7, 11) is 0. The molecule has 0 aliphatic heterocycles. The van der Waals surface area contributed by atoms with Gasteiger partial charge in [0, 0.05) is 6.42 Å². The molecule has 0 fully saturated rings. The second-order valence-corrected chi connectivity index (χ2v) is 9.44. The van der Waals surface area contributed by atoms with Crippen molar-refractivity contribution in [2.45, 2.75) is 90.6 Å². The molecule has 0 spiro atoms. The van der Waals surface area contributed by atoms with E-state index < -0.39 is 84.3 Å². The molecule has 0 aromatic heterocycles. The number of amides is 4. The summed E-state index contributed by atoms with van der Waals surface area (Å²) in [6, 6.07) is -5.08. The van der Waals surface area contributed by atoms with E-state index in [0.29, 0.717) is 0 Å². The fourth-order valence-electron chi connectivity index (χ4n) is 2.77. The van der Waals surface area contributed by atoms with Crippen LogP contribution in [0.4, 0.5) is 4.79 Å². The highest BCUT2D eigenvalue weighted by molar-refractivity contribution is 5.94. The summed E-state index contributed by atoms with van der Waals surface area (Å²) in [6.07, 6.45) is -2.10. The standard InChI is InChI=1S/C22H36N4O10/c1-11(2)17(20(34)24-13(10-27)9-16(30)31)26-19(33)14(7-8-15(28)29)25-18(32)12(3)23-21(35)36-22(4,5)6/h10-14,17H,7-9H2,1-6H3,(H,23,35)(H,24,34)(H,25,32)(H,26,33)(H,28,29)(H,30,31)/t12-,13-,14-,17-/m0/s1. The number of aliphatic carboxylic acids is 2. The molecule has 6 N–H and O–H groups in total. The van der Waals surface area contributed by atoms with Crippen molar-refractivity contribution in [1.82, 2.24) is 21.3 Å². The van der Waals surface area contributed by atoms with Crippen LogP contribution >= 0.6 is 0 Å². The van der Waals surface area contributed by atoms with Gasteiger partial charge in [0.2, 0.25) is 17.7 Å². The maximum absolute atomic E-state index is 12.9. The highest BCUT2D eigenvalue weighted by Gasteiger charge is 2.31. The van der Waals surface area contributed by atoms with Crippen LogP contribution in [0, 0.1) is 5.92 Å². The molecule has 0 bridgehead atoms. The quantitative estimate of drug-likeness (QED) is 0.163. The van der Waals surface area contributed by atoms with Gasteiger partial charge in [-0.2, -0.15) is 0 Å². The zero-order valence-electron chi connectivity index (χ0n) is 21.2. The van der Waals surface area contributed by atoms with Crippen LogP contribution in [0.2, 0.25) is 0 Å². The second-order valence-electron chi connectivity index (χ2n) is 9.44. The first-order valence-electron chi connectivity index (χ1n) is 11.3. The van der Waals surface area contributed by atoms with Crippen molar-refractivity contribution in [2.75, 3.05) is 0 Å². The molecule has 0 saturated heterocycles. The highest BCUT2D eigenvalue weighted by Crippen LogP contribution is 2.08. The number of nitrogens with one attached hydrogen (secondary N) is 4. The SMILES string of the molecule is CC(C)[C@H](NC(=O)[C@H](CCC(=O)O)NC(=O)[C@H](C)NC(=O)OC(C)(C)C)C(=O)N[C@H](C=O)CC(=O)O. The Morgan fingerprint density at radius 2 is 1.42 bits per heavy atom. The van der Waals surface area contributed by atoms with Gasteiger partial charge in [-0.25, -0.2) is 4.79 Å². The van der Waals surface area contributed by atoms with Crippen LogP contribution < -0.4 is 21.3 Å². The fraction of sp³-hybridized carbons (Fsp3) is 0.682. The van der Waals surface area contributed by atoms with E-state index in [-0.39, 0.29) is 12.7 Å². The number of rotatable bonds is 14. The number of hydrogen-bond acceptors (Lipinski definition) is 8. The monoisotopic (exact) mass is 516 g/mol. The first-order chi connectivity index (χ1) is 16.5. The molecule has 0 saturated carbocycles. The Morgan fingerprint density at radius 3 is 1.86 bits per heavy atom. The summed E-state index contributed by atoms with van der Waals surface area (Å²) in [5.74, 6) is -5.59. The molecule has 36 heavy (non-hydrogen) atoms. The number of carboxylic acids is 2. The minimum absolute atomic E-state index is 0.250. The van der Waals surface area contributed by atoms with Crippen LogP contribution in [0.15, 0.2) is 0 Å². The Bertz CT molecular complexity index is 837. The summed E-state index contributed by atoms with van der Waals surface area (Å²) in [6.45, 7) is 9.37. The third-order valence-corrected chi connectivity index (χ3v) is 4.54. The van der Waals surface area contributed by atoms with Gasteiger partial charge in [0.25, 0.3) is 0 Å². The van der Waals surface area contributed by atoms with Crippen LogP contribution in [0.25, 0.3) is 0 Å². The molecule has 0 radical (unpaired) electrons. The van der Waals surface area contributed by atoms with E-state index in [4.69, 9.17) is 14.9 Å². The predicted octanol–water partition coefficient (Wildman–Crippen LogP) is -0.452. The van der Waals surface area contributed by atoms with Crippen LogP contribution in [0.1, 0.15) is 60.8 Å². The van der Waals surface area contributed by atoms with Gasteiger partial charge in [-0.3, -0.25) is 24.0 Å². The molecular formula is C22H36N4O10. The highest BCUT2D eigenvalue weighted by atomic mass is 16.6. The van der Waals surface area contributed by atoms with Gasteiger partial charge in [-0.1, -0.05) is 13.8 Å². The van der Waals surface area contributed by atoms with E-state index >= 15 is 0 Å². The largest absolute Gasteiger partial charge is 0.481 e. The zero-order chi connectivity index (χ0) is 28.2. The second kappa shape index (κ2) is 14.6. The number of hydrogen-bond donors (Lipinski definition) is 6. The number of carbonyl (C=O) groups is 7. The van der Waals surface area contributed by atoms with Gasteiger partial charge in [0.15, 0.2) is 0 Å². The molecule has 4 amide bonds. The van der Waals surface area contributed by atoms with Crippen molar-refractivity contribution in [2.24, 2.45) is 5.92 Å². The Kier molecular flexibility index (Phi) is 13.1. The van der Waals surface area contributed by atoms with Gasteiger partial charge in [-0.15, -0.1) is 0 Å². The lowest BCUT2D eigenvalue weighted by Gasteiger charge is -2.27. The zero-order valence-corrected chi connectivity index (χ0v) is 21.2. The molecule has 14 nitrogen and oxygen atoms in total. The molecule has 14 heteroatoms. The molecule has 0 aromatic carbocycles. The van der Waals surface area contributed by atoms with Gasteiger partial charge < -0.3 is 41.0 Å². The number of aldehydes is 1. The van der Waals surface area contributed by atoms with Crippen molar-refractivity contribution in [3.63, 3.8) is 0 Å². The van der Waals surface area contributed by atoms with Crippen LogP contribution in [-0.4, -0.2) is 82.0 Å². The van der Waals surface area contributed by atoms with Crippen molar-refractivity contribution in [1.29, 1.82) is 0 Å². The van der Waals surface area contributed by atoms with Crippen LogP contribution in [-0.2, 0) is 33.5 Å². The summed E-state index contributed by atoms with van der Waals surface area (Å²) in [4.78, 5) is 82.9. The van der Waals surface area contributed by atoms with Gasteiger partial charge in [-0.05, 0) is 40.0 Å². The number of ether oxygens (including phenoxy) is 1. The van der Waals surface area contributed by atoms with Crippen molar-refractivity contribution >= 4 is 42.0 Å². The Morgan fingerprint density at radius 1 is 0.833 bits per heavy atom. The average molecular weight is 517 g/mol. The molecule has 0 aliphatic rings. The van der Waals surface area contributed by atoms with Gasteiger partial charge >= 0.3 is 18.0 Å². The summed E-state index contributed by atoms with van der Waals surface area (Å²) in [5, 5.41) is 27.1. The average Bonchev–Trinajstić information content (AvgIpc) is 2.71. The minimum atomic E-state index is -1.38. The topological polar surface area (TPSA) is 217 Å². The Balaban J connectivity index is 5.47. The summed E-state index contributed by atoms with van der Waals surface area (Å²) in [5.41, 5.74) is -0.816. The molecular weight excluding hydrogens is 480 g/mol. The van der Waals surface area contributed by atoms with Gasteiger partial charge in [0.05, 0.1) is 12.5 Å². The maximum Gasteiger partial charge on any atom is 0.408 e. The third kappa shape index (κ3) is 13.2. The van der Waals surface area contributed by atoms with E-state index in [1.807, 2.05) is 0 Å². The normalized spacial score (nSPS) is 14.4. The van der Waals surface area contributed by atoms with E-state index in [9.17, 15) is 33.6 Å². The lowest BCUT2D eigenvalue weighted by molar-refractivity contribution is -0.140. The maximum atomic E-state index is 12.9. The molecule has 0 unspecified atom stereocenters. The number of carbonyl (C=O) groups excluding carboxylic acids is 5. The predicted molar refractivity (Wildman–Crippen MR) is 125 cm³/mol. The molecule has 0 aromatic rings. The van der Waals surface area contributed by atoms with Crippen molar-refractivity contribution < 1.29 is 48.5 Å². The Hall–Kier alpha value is -3.71. The van der Waals surface area contributed by atoms with Crippen LogP contribution in [0.5, 0.6) is 0 Å². The lowest BCUT2D eigenvalue weighted by atomic mass is 10.0. The molecule has 0 aliphatic carbocycles. The lowest BCUT2D eigenvalue weighted by Crippen LogP contribution is -2.58. The summed E-state index contributed by atoms with van der Waals surface area (Å²) >= 11 is 0. The molecule has 0 rings (SSSR count). The number of carboxylic acid groups (broad SMARTS) is 2. The number of alkyl carbamates (subject to hydrolysis) is 1. The third-order valence-electron chi connectivity index (χ3n) is 4.54. The fourth-order valence-corrected chi connectivity index (χ4v) is 2.77. The van der Waals surface area contributed by atoms with E-state index in [1.165, 1.54) is 6.92 Å². The minimum Gasteiger partial charge on any atom is -0.481 e. The Labute approximate surface area is 208 Å².